The zero-order valence-electron chi connectivity index (χ0n) is 17.9. The number of rotatable bonds is 8. The Balaban J connectivity index is 1.40. The van der Waals surface area contributed by atoms with Crippen molar-refractivity contribution in [3.8, 4) is 0 Å². The Morgan fingerprint density at radius 1 is 1.13 bits per heavy atom. The van der Waals surface area contributed by atoms with Crippen molar-refractivity contribution in [1.82, 2.24) is 15.5 Å². The van der Waals surface area contributed by atoms with E-state index in [0.717, 1.165) is 36.5 Å². The van der Waals surface area contributed by atoms with Crippen molar-refractivity contribution >= 4 is 11.9 Å². The van der Waals surface area contributed by atoms with E-state index in [0.29, 0.717) is 32.6 Å². The first-order valence-electron chi connectivity index (χ1n) is 10.7. The summed E-state index contributed by atoms with van der Waals surface area (Å²) in [6, 6.07) is 13.1. The molecule has 1 heterocycles. The van der Waals surface area contributed by atoms with E-state index in [-0.39, 0.29) is 11.7 Å². The minimum atomic E-state index is -0.202. The summed E-state index contributed by atoms with van der Waals surface area (Å²) in [6.07, 6.45) is 2.02. The second kappa shape index (κ2) is 10.8. The zero-order chi connectivity index (χ0) is 21.3. The van der Waals surface area contributed by atoms with Crippen LogP contribution in [0.1, 0.15) is 42.0 Å². The number of fused-ring (bicyclic) bond motifs is 1. The minimum absolute atomic E-state index is 0.186. The normalized spacial score (nSPS) is 13.3. The van der Waals surface area contributed by atoms with Gasteiger partial charge in [-0.05, 0) is 61.1 Å². The number of nitrogens with zero attached hydrogens (tertiary/aromatic N) is 2. The molecule has 0 saturated heterocycles. The van der Waals surface area contributed by atoms with Gasteiger partial charge in [-0.15, -0.1) is 0 Å². The molecule has 2 N–H and O–H groups in total. The van der Waals surface area contributed by atoms with Gasteiger partial charge in [0.25, 0.3) is 0 Å². The largest absolute Gasteiger partial charge is 0.357 e. The quantitative estimate of drug-likeness (QED) is 0.398. The Morgan fingerprint density at radius 2 is 1.87 bits per heavy atom. The number of carbonyl (C=O) groups excluding carboxylic acids is 1. The van der Waals surface area contributed by atoms with Crippen molar-refractivity contribution in [1.29, 1.82) is 0 Å². The van der Waals surface area contributed by atoms with Crippen LogP contribution in [0.25, 0.3) is 0 Å². The maximum Gasteiger partial charge on any atom is 0.223 e. The Labute approximate surface area is 178 Å². The number of hydrogen-bond donors (Lipinski definition) is 2. The molecular weight excluding hydrogens is 379 g/mol. The van der Waals surface area contributed by atoms with Crippen molar-refractivity contribution < 1.29 is 9.18 Å². The third-order valence-electron chi connectivity index (χ3n) is 5.35. The van der Waals surface area contributed by atoms with E-state index in [2.05, 4.69) is 27.8 Å². The monoisotopic (exact) mass is 410 g/mol. The molecule has 5 nitrogen and oxygen atoms in total. The highest BCUT2D eigenvalue weighted by Crippen LogP contribution is 2.22. The summed E-state index contributed by atoms with van der Waals surface area (Å²) in [7, 11) is 0. The van der Waals surface area contributed by atoms with Gasteiger partial charge >= 0.3 is 0 Å². The lowest BCUT2D eigenvalue weighted by molar-refractivity contribution is -0.131. The average molecular weight is 411 g/mol. The number of amides is 1. The SMILES string of the molecule is CCNC(=NCCCC(=O)N1Cc2ccccc2C1)NCCc1ccc(F)cc1C. The fourth-order valence-electron chi connectivity index (χ4n) is 3.69. The van der Waals surface area contributed by atoms with Crippen LogP contribution in [0, 0.1) is 12.7 Å². The molecule has 0 aliphatic carbocycles. The summed E-state index contributed by atoms with van der Waals surface area (Å²) in [5.41, 5.74) is 4.58. The molecule has 2 aromatic rings. The number of halogens is 1. The molecule has 0 fully saturated rings. The van der Waals surface area contributed by atoms with Gasteiger partial charge in [0, 0.05) is 39.1 Å². The lowest BCUT2D eigenvalue weighted by Gasteiger charge is -2.15. The highest BCUT2D eigenvalue weighted by Gasteiger charge is 2.22. The molecule has 0 atom stereocenters. The molecule has 0 saturated carbocycles. The van der Waals surface area contributed by atoms with Crippen LogP contribution >= 0.6 is 0 Å². The second-order valence-electron chi connectivity index (χ2n) is 7.63. The van der Waals surface area contributed by atoms with Crippen LogP contribution in [0.2, 0.25) is 0 Å². The summed E-state index contributed by atoms with van der Waals surface area (Å²) in [5, 5.41) is 6.55. The molecule has 2 aromatic carbocycles. The van der Waals surface area contributed by atoms with Crippen molar-refractivity contribution in [2.24, 2.45) is 4.99 Å². The van der Waals surface area contributed by atoms with E-state index < -0.39 is 0 Å². The van der Waals surface area contributed by atoms with Crippen LogP contribution < -0.4 is 10.6 Å². The van der Waals surface area contributed by atoms with Crippen LogP contribution in [0.15, 0.2) is 47.5 Å². The molecule has 30 heavy (non-hydrogen) atoms. The number of benzene rings is 2. The zero-order valence-corrected chi connectivity index (χ0v) is 17.9. The average Bonchev–Trinajstić information content (AvgIpc) is 3.17. The van der Waals surface area contributed by atoms with Gasteiger partial charge in [-0.1, -0.05) is 30.3 Å². The Morgan fingerprint density at radius 3 is 2.53 bits per heavy atom. The first-order valence-corrected chi connectivity index (χ1v) is 10.7. The highest BCUT2D eigenvalue weighted by molar-refractivity contribution is 5.80. The third-order valence-corrected chi connectivity index (χ3v) is 5.35. The second-order valence-corrected chi connectivity index (χ2v) is 7.63. The minimum Gasteiger partial charge on any atom is -0.357 e. The molecule has 1 aliphatic heterocycles. The van der Waals surface area contributed by atoms with E-state index in [9.17, 15) is 9.18 Å². The number of hydrogen-bond acceptors (Lipinski definition) is 2. The van der Waals surface area contributed by atoms with Gasteiger partial charge in [0.1, 0.15) is 5.82 Å². The summed E-state index contributed by atoms with van der Waals surface area (Å²) < 4.78 is 13.2. The summed E-state index contributed by atoms with van der Waals surface area (Å²) in [5.74, 6) is 0.732. The molecule has 6 heteroatoms. The number of aryl methyl sites for hydroxylation is 1. The predicted octanol–water partition coefficient (Wildman–Crippen LogP) is 3.55. The molecule has 0 aromatic heterocycles. The van der Waals surface area contributed by atoms with E-state index in [1.165, 1.54) is 17.2 Å². The van der Waals surface area contributed by atoms with Gasteiger partial charge in [0.05, 0.1) is 0 Å². The summed E-state index contributed by atoms with van der Waals surface area (Å²) in [4.78, 5) is 19.0. The Hall–Kier alpha value is -2.89. The highest BCUT2D eigenvalue weighted by atomic mass is 19.1. The number of carbonyl (C=O) groups is 1. The lowest BCUT2D eigenvalue weighted by Crippen LogP contribution is -2.38. The third kappa shape index (κ3) is 6.05. The molecule has 1 aliphatic rings. The molecule has 0 spiro atoms. The van der Waals surface area contributed by atoms with Gasteiger partial charge in [0.2, 0.25) is 5.91 Å². The smallest absolute Gasteiger partial charge is 0.223 e. The maximum atomic E-state index is 13.2. The van der Waals surface area contributed by atoms with Gasteiger partial charge < -0.3 is 15.5 Å². The van der Waals surface area contributed by atoms with E-state index in [1.54, 1.807) is 6.07 Å². The van der Waals surface area contributed by atoms with Crippen LogP contribution in [0.3, 0.4) is 0 Å². The number of guanidine groups is 1. The first-order chi connectivity index (χ1) is 14.6. The fraction of sp³-hybridized carbons (Fsp3) is 0.417. The van der Waals surface area contributed by atoms with Gasteiger partial charge in [0.15, 0.2) is 5.96 Å². The van der Waals surface area contributed by atoms with Crippen LogP contribution in [0.4, 0.5) is 4.39 Å². The van der Waals surface area contributed by atoms with Gasteiger partial charge in [-0.25, -0.2) is 4.39 Å². The summed E-state index contributed by atoms with van der Waals surface area (Å²) in [6.45, 7) is 7.45. The van der Waals surface area contributed by atoms with E-state index in [1.807, 2.05) is 36.9 Å². The van der Waals surface area contributed by atoms with Crippen LogP contribution in [-0.2, 0) is 24.3 Å². The van der Waals surface area contributed by atoms with Gasteiger partial charge in [-0.3, -0.25) is 9.79 Å². The fourth-order valence-corrected chi connectivity index (χ4v) is 3.69. The Kier molecular flexibility index (Phi) is 7.82. The predicted molar refractivity (Wildman–Crippen MR) is 119 cm³/mol. The molecule has 0 radical (unpaired) electrons. The number of nitrogens with one attached hydrogen (secondary N) is 2. The molecule has 0 bridgehead atoms. The lowest BCUT2D eigenvalue weighted by atomic mass is 10.1. The molecule has 160 valence electrons. The van der Waals surface area contributed by atoms with E-state index in [4.69, 9.17) is 0 Å². The van der Waals surface area contributed by atoms with Crippen molar-refractivity contribution in [3.63, 3.8) is 0 Å². The first kappa shape index (κ1) is 21.8. The van der Waals surface area contributed by atoms with Crippen molar-refractivity contribution in [2.45, 2.75) is 46.2 Å². The molecule has 0 unspecified atom stereocenters. The van der Waals surface area contributed by atoms with Crippen LogP contribution in [0.5, 0.6) is 0 Å². The molecule has 3 rings (SSSR count). The summed E-state index contributed by atoms with van der Waals surface area (Å²) >= 11 is 0. The van der Waals surface area contributed by atoms with Crippen molar-refractivity contribution in [3.05, 3.63) is 70.5 Å². The molecule has 1 amide bonds. The topological polar surface area (TPSA) is 56.7 Å². The standard InChI is InChI=1S/C24H31FN4O/c1-3-26-24(28-14-12-19-10-11-22(25)15-18(19)2)27-13-6-9-23(30)29-16-20-7-4-5-8-21(20)17-29/h4-5,7-8,10-11,15H,3,6,9,12-14,16-17H2,1-2H3,(H2,26,27,28). The number of aliphatic imine (C=N–C) groups is 1. The maximum absolute atomic E-state index is 13.2. The van der Waals surface area contributed by atoms with Gasteiger partial charge in [-0.2, -0.15) is 0 Å². The van der Waals surface area contributed by atoms with Crippen LogP contribution in [-0.4, -0.2) is 36.4 Å². The Bertz CT molecular complexity index is 872. The van der Waals surface area contributed by atoms with E-state index >= 15 is 0 Å². The van der Waals surface area contributed by atoms with Crippen molar-refractivity contribution in [2.75, 3.05) is 19.6 Å². The molecular formula is C24H31FN4O.